The van der Waals surface area contributed by atoms with E-state index >= 15 is 0 Å². The van der Waals surface area contributed by atoms with Crippen LogP contribution in [0.1, 0.15) is 31.8 Å². The highest BCUT2D eigenvalue weighted by Gasteiger charge is 2.23. The highest BCUT2D eigenvalue weighted by Crippen LogP contribution is 2.37. The summed E-state index contributed by atoms with van der Waals surface area (Å²) in [6.45, 7) is 0. The van der Waals surface area contributed by atoms with E-state index in [1.807, 2.05) is 0 Å². The number of carbonyl (C=O) groups is 2. The van der Waals surface area contributed by atoms with E-state index in [0.29, 0.717) is 79.3 Å². The van der Waals surface area contributed by atoms with Crippen molar-refractivity contribution in [2.75, 3.05) is 25.7 Å². The molecule has 0 fully saturated rings. The molecular formula is C40H32N2O6. The van der Waals surface area contributed by atoms with Crippen molar-refractivity contribution in [1.82, 2.24) is 0 Å². The fourth-order valence-corrected chi connectivity index (χ4v) is 5.24. The van der Waals surface area contributed by atoms with Gasteiger partial charge in [-0.05, 0) is 120 Å². The van der Waals surface area contributed by atoms with Crippen LogP contribution in [-0.2, 0) is 0 Å². The van der Waals surface area contributed by atoms with Gasteiger partial charge in [-0.2, -0.15) is 0 Å². The van der Waals surface area contributed by atoms with Crippen molar-refractivity contribution in [3.63, 3.8) is 0 Å². The van der Waals surface area contributed by atoms with Crippen molar-refractivity contribution in [3.05, 3.63) is 156 Å². The van der Waals surface area contributed by atoms with Crippen LogP contribution >= 0.6 is 0 Å². The third-order valence-corrected chi connectivity index (χ3v) is 7.65. The topological polar surface area (TPSA) is 123 Å². The molecule has 8 nitrogen and oxygen atoms in total. The van der Waals surface area contributed by atoms with Gasteiger partial charge in [-0.15, -0.1) is 0 Å². The Labute approximate surface area is 278 Å². The summed E-state index contributed by atoms with van der Waals surface area (Å²) in [5, 5.41) is 0. The van der Waals surface area contributed by atoms with Crippen LogP contribution in [0.2, 0.25) is 0 Å². The summed E-state index contributed by atoms with van der Waals surface area (Å²) in [5.74, 6) is 2.58. The smallest absolute Gasteiger partial charge is 0.193 e. The van der Waals surface area contributed by atoms with E-state index in [4.69, 9.17) is 30.4 Å². The molecule has 0 amide bonds. The average Bonchev–Trinajstić information content (AvgIpc) is 3.11. The normalized spacial score (nSPS) is 10.6. The third-order valence-electron chi connectivity index (χ3n) is 7.65. The van der Waals surface area contributed by atoms with Crippen LogP contribution in [0.15, 0.2) is 133 Å². The molecule has 6 rings (SSSR count). The van der Waals surface area contributed by atoms with Crippen molar-refractivity contribution in [2.45, 2.75) is 0 Å². The second-order valence-electron chi connectivity index (χ2n) is 10.9. The van der Waals surface area contributed by atoms with Crippen LogP contribution in [0.3, 0.4) is 0 Å². The maximum atomic E-state index is 14.2. The molecule has 48 heavy (non-hydrogen) atoms. The summed E-state index contributed by atoms with van der Waals surface area (Å²) < 4.78 is 22.8. The predicted molar refractivity (Wildman–Crippen MR) is 187 cm³/mol. The lowest BCUT2D eigenvalue weighted by Crippen LogP contribution is -2.08. The van der Waals surface area contributed by atoms with Gasteiger partial charge in [0.25, 0.3) is 0 Å². The van der Waals surface area contributed by atoms with Gasteiger partial charge in [-0.3, -0.25) is 9.59 Å². The Kier molecular flexibility index (Phi) is 9.07. The lowest BCUT2D eigenvalue weighted by molar-refractivity contribution is 0.102. The van der Waals surface area contributed by atoms with Crippen LogP contribution in [0.5, 0.6) is 34.5 Å². The predicted octanol–water partition coefficient (Wildman–Crippen LogP) is 8.58. The Balaban J connectivity index is 1.50. The molecule has 0 heterocycles. The molecule has 238 valence electrons. The second kappa shape index (κ2) is 13.8. The molecule has 0 saturated carbocycles. The maximum absolute atomic E-state index is 14.2. The molecule has 0 aliphatic rings. The first-order valence-corrected chi connectivity index (χ1v) is 15.0. The lowest BCUT2D eigenvalue weighted by Gasteiger charge is -2.17. The number of anilines is 2. The number of ether oxygens (including phenoxy) is 4. The number of methoxy groups -OCH3 is 2. The molecule has 0 aliphatic heterocycles. The molecule has 6 aromatic carbocycles. The fraction of sp³-hybridized carbons (Fsp3) is 0.0500. The van der Waals surface area contributed by atoms with E-state index in [-0.39, 0.29) is 11.6 Å². The SMILES string of the molecule is COc1ccc(C(=O)c2cc(Oc3cccc(N)c3)ccc2-c2ccc(Oc3cccc(N)c3)cc2C(=O)c2ccc(OC)cc2)cc1. The summed E-state index contributed by atoms with van der Waals surface area (Å²) in [6, 6.07) is 38.1. The first kappa shape index (κ1) is 31.4. The number of nitrogen functional groups attached to an aromatic ring is 2. The first-order chi connectivity index (χ1) is 23.3. The Morgan fingerprint density at radius 1 is 0.438 bits per heavy atom. The molecule has 0 atom stereocenters. The van der Waals surface area contributed by atoms with E-state index in [1.165, 1.54) is 0 Å². The minimum atomic E-state index is -0.270. The third kappa shape index (κ3) is 6.98. The second-order valence-corrected chi connectivity index (χ2v) is 10.9. The standard InChI is InChI=1S/C40H32N2O6/c1-45-29-13-9-25(10-14-29)39(43)37-23-33(47-31-7-3-5-27(41)21-31)17-19-35(37)36-20-18-34(48-32-8-4-6-28(42)22-32)24-38(36)40(44)26-11-15-30(46-2)16-12-26/h3-24H,41-42H2,1-2H3. The quantitative estimate of drug-likeness (QED) is 0.107. The summed E-state index contributed by atoms with van der Waals surface area (Å²) in [7, 11) is 3.13. The zero-order valence-electron chi connectivity index (χ0n) is 26.3. The van der Waals surface area contributed by atoms with Gasteiger partial charge in [0.2, 0.25) is 0 Å². The number of nitrogens with two attached hydrogens (primary N) is 2. The molecule has 0 bridgehead atoms. The highest BCUT2D eigenvalue weighted by atomic mass is 16.5. The summed E-state index contributed by atoms with van der Waals surface area (Å²) in [6.07, 6.45) is 0. The number of hydrogen-bond donors (Lipinski definition) is 2. The van der Waals surface area contributed by atoms with Crippen molar-refractivity contribution < 1.29 is 28.5 Å². The zero-order chi connectivity index (χ0) is 33.6. The number of ketones is 2. The van der Waals surface area contributed by atoms with Crippen LogP contribution in [0, 0.1) is 0 Å². The van der Waals surface area contributed by atoms with Gasteiger partial charge >= 0.3 is 0 Å². The van der Waals surface area contributed by atoms with Gasteiger partial charge in [0.1, 0.15) is 34.5 Å². The highest BCUT2D eigenvalue weighted by molar-refractivity contribution is 6.17. The molecule has 0 radical (unpaired) electrons. The van der Waals surface area contributed by atoms with Gasteiger partial charge < -0.3 is 30.4 Å². The van der Waals surface area contributed by atoms with Gasteiger partial charge in [-0.25, -0.2) is 0 Å². The molecule has 0 aliphatic carbocycles. The van der Waals surface area contributed by atoms with E-state index in [2.05, 4.69) is 0 Å². The van der Waals surface area contributed by atoms with Gasteiger partial charge in [0.15, 0.2) is 11.6 Å². The Morgan fingerprint density at radius 3 is 1.15 bits per heavy atom. The summed E-state index contributed by atoms with van der Waals surface area (Å²) in [5.41, 5.74) is 15.6. The van der Waals surface area contributed by atoms with Crippen molar-refractivity contribution in [1.29, 1.82) is 0 Å². The molecule has 8 heteroatoms. The zero-order valence-corrected chi connectivity index (χ0v) is 26.3. The molecule has 0 spiro atoms. The Morgan fingerprint density at radius 2 is 0.792 bits per heavy atom. The van der Waals surface area contributed by atoms with Crippen LogP contribution < -0.4 is 30.4 Å². The number of rotatable bonds is 11. The minimum Gasteiger partial charge on any atom is -0.497 e. The summed E-state index contributed by atoms with van der Waals surface area (Å²) >= 11 is 0. The molecule has 0 unspecified atom stereocenters. The van der Waals surface area contributed by atoms with Gasteiger partial charge in [0, 0.05) is 45.8 Å². The first-order valence-electron chi connectivity index (χ1n) is 15.0. The summed E-state index contributed by atoms with van der Waals surface area (Å²) in [4.78, 5) is 28.4. The lowest BCUT2D eigenvalue weighted by atomic mass is 9.88. The molecule has 4 N–H and O–H groups in total. The van der Waals surface area contributed by atoms with Gasteiger partial charge in [0.05, 0.1) is 14.2 Å². The van der Waals surface area contributed by atoms with Gasteiger partial charge in [-0.1, -0.05) is 12.1 Å². The van der Waals surface area contributed by atoms with Crippen LogP contribution in [0.25, 0.3) is 11.1 Å². The average molecular weight is 637 g/mol. The van der Waals surface area contributed by atoms with Crippen molar-refractivity contribution in [2.24, 2.45) is 0 Å². The van der Waals surface area contributed by atoms with E-state index in [1.54, 1.807) is 148 Å². The van der Waals surface area contributed by atoms with Crippen molar-refractivity contribution >= 4 is 22.9 Å². The van der Waals surface area contributed by atoms with E-state index < -0.39 is 0 Å². The van der Waals surface area contributed by atoms with Crippen molar-refractivity contribution in [3.8, 4) is 45.6 Å². The molecule has 6 aromatic rings. The van der Waals surface area contributed by atoms with E-state index in [0.717, 1.165) is 0 Å². The maximum Gasteiger partial charge on any atom is 0.193 e. The fourth-order valence-electron chi connectivity index (χ4n) is 5.24. The molecular weight excluding hydrogens is 604 g/mol. The Hall–Kier alpha value is -6.54. The molecule has 0 saturated heterocycles. The van der Waals surface area contributed by atoms with Crippen LogP contribution in [-0.4, -0.2) is 25.8 Å². The minimum absolute atomic E-state index is 0.270. The van der Waals surface area contributed by atoms with Crippen LogP contribution in [0.4, 0.5) is 11.4 Å². The number of benzene rings is 6. The number of carbonyl (C=O) groups excluding carboxylic acids is 2. The van der Waals surface area contributed by atoms with E-state index in [9.17, 15) is 9.59 Å². The Bertz CT molecular complexity index is 1950. The monoisotopic (exact) mass is 636 g/mol. The largest absolute Gasteiger partial charge is 0.497 e. The molecule has 0 aromatic heterocycles. The number of hydrogen-bond acceptors (Lipinski definition) is 8.